The third-order valence-corrected chi connectivity index (χ3v) is 21.3. The number of benzene rings is 9. The maximum Gasteiger partial charge on any atom is 0.211 e. The Labute approximate surface area is 500 Å². The Morgan fingerprint density at radius 1 is 0.470 bits per heavy atom. The van der Waals surface area contributed by atoms with Crippen molar-refractivity contribution in [1.82, 2.24) is 4.57 Å². The van der Waals surface area contributed by atoms with Crippen molar-refractivity contribution in [3.8, 4) is 27.9 Å². The highest BCUT2D eigenvalue weighted by molar-refractivity contribution is 7.29. The van der Waals surface area contributed by atoms with Crippen LogP contribution < -0.4 is 15.6 Å². The van der Waals surface area contributed by atoms with E-state index in [4.69, 9.17) is 0 Å². The number of anilines is 2. The lowest BCUT2D eigenvalue weighted by atomic mass is 9.63. The molecule has 1 N–H and O–H groups in total. The van der Waals surface area contributed by atoms with E-state index >= 15 is 0 Å². The molecule has 12 aromatic rings. The molecule has 0 amide bonds. The SMILES string of the molecule is CC(C)(C)c1ccc(Nc2cc3c(cc2-c2ccc4c5cc6c(cc5n5c4c2Bc2sc4ccc(C(C)(C)C)cc4c2-5)sc2ccccc26)C(C)(C)c2cc(CCC(c4ccc(C(C)(C)C)cc4)c4ccc(C(C)(C)C)cc4)ccc2-3)cc1. The molecule has 0 spiro atoms. The van der Waals surface area contributed by atoms with E-state index in [9.17, 15) is 0 Å². The number of aromatic nitrogens is 1. The van der Waals surface area contributed by atoms with Crippen molar-refractivity contribution in [3.63, 3.8) is 0 Å². The van der Waals surface area contributed by atoms with Crippen molar-refractivity contribution < 1.29 is 0 Å². The fourth-order valence-electron chi connectivity index (χ4n) is 14.0. The van der Waals surface area contributed by atoms with Gasteiger partial charge in [-0.25, -0.2) is 0 Å². The van der Waals surface area contributed by atoms with Gasteiger partial charge < -0.3 is 9.88 Å². The summed E-state index contributed by atoms with van der Waals surface area (Å²) in [6, 6.07) is 66.9. The number of fused-ring (bicyclic) bond motifs is 13. The molecule has 83 heavy (non-hydrogen) atoms. The molecule has 14 rings (SSSR count). The summed E-state index contributed by atoms with van der Waals surface area (Å²) in [5.41, 5.74) is 25.3. The van der Waals surface area contributed by atoms with Crippen molar-refractivity contribution in [1.29, 1.82) is 0 Å². The third kappa shape index (κ3) is 9.01. The van der Waals surface area contributed by atoms with Crippen molar-refractivity contribution in [2.45, 2.75) is 143 Å². The Morgan fingerprint density at radius 2 is 1.06 bits per heavy atom. The molecule has 3 aromatic heterocycles. The summed E-state index contributed by atoms with van der Waals surface area (Å²) in [4.78, 5) is 0. The third-order valence-electron chi connectivity index (χ3n) is 19.0. The molecule has 9 aromatic carbocycles. The normalized spacial score (nSPS) is 14.1. The van der Waals surface area contributed by atoms with Gasteiger partial charge in [0.15, 0.2) is 0 Å². The van der Waals surface area contributed by atoms with E-state index in [0.717, 1.165) is 31.5 Å². The number of aryl methyl sites for hydroxylation is 1. The average molecular weight is 1120 g/mol. The molecule has 0 atom stereocenters. The fourth-order valence-corrected chi connectivity index (χ4v) is 16.3. The first-order valence-corrected chi connectivity index (χ1v) is 31.9. The van der Waals surface area contributed by atoms with Gasteiger partial charge in [0.25, 0.3) is 0 Å². The van der Waals surface area contributed by atoms with Crippen LogP contribution >= 0.6 is 22.7 Å². The maximum absolute atomic E-state index is 4.09. The number of hydrogen-bond donors (Lipinski definition) is 1. The topological polar surface area (TPSA) is 17.0 Å². The Hall–Kier alpha value is -7.18. The Balaban J connectivity index is 0.918. The maximum atomic E-state index is 4.09. The van der Waals surface area contributed by atoms with Crippen molar-refractivity contribution in [2.75, 3.05) is 5.32 Å². The Morgan fingerprint density at radius 3 is 1.71 bits per heavy atom. The Bertz CT molecular complexity index is 4530. The number of thiophene rings is 2. The van der Waals surface area contributed by atoms with E-state index in [1.807, 2.05) is 22.7 Å². The first kappa shape index (κ1) is 53.8. The summed E-state index contributed by atoms with van der Waals surface area (Å²) in [6.45, 7) is 32.7. The standard InChI is InChI=1S/C78H77BN2S2/c1-74(2,3)48-25-21-46(22-26-48)53(47-23-27-49(28-24-47)75(4,5)6)34-19-45-20-35-54-58-43-65(80-52-32-29-50(30-33-52)76(7,8)9)59(42-64(58)78(13,14)63(54)39-45)56-36-37-57-60-41-61-55-17-15-16-18-67(55)82-69(61)44-66(60)81-71(57)70(56)79-73-72(81)62-40-51(77(10,11)12)31-38-68(62)83-73/h15-18,20-33,35-44,53,79-80H,19,34H2,1-14H3. The molecule has 414 valence electrons. The summed E-state index contributed by atoms with van der Waals surface area (Å²) in [6.07, 6.45) is 2.01. The number of rotatable bonds is 8. The zero-order chi connectivity index (χ0) is 57.9. The van der Waals surface area contributed by atoms with E-state index < -0.39 is 0 Å². The van der Waals surface area contributed by atoms with Gasteiger partial charge in [-0.1, -0.05) is 212 Å². The molecule has 4 heterocycles. The first-order valence-electron chi connectivity index (χ1n) is 30.3. The first-order chi connectivity index (χ1) is 39.4. The summed E-state index contributed by atoms with van der Waals surface area (Å²) in [5, 5.41) is 10.8. The number of nitrogens with one attached hydrogen (secondary N) is 1. The lowest BCUT2D eigenvalue weighted by Crippen LogP contribution is -2.35. The minimum absolute atomic E-state index is 0.0287. The monoisotopic (exact) mass is 1120 g/mol. The van der Waals surface area contributed by atoms with Gasteiger partial charge >= 0.3 is 0 Å². The van der Waals surface area contributed by atoms with Gasteiger partial charge in [0.1, 0.15) is 0 Å². The molecule has 0 fully saturated rings. The lowest BCUT2D eigenvalue weighted by molar-refractivity contribution is 0.588. The molecule has 0 bridgehead atoms. The quantitative estimate of drug-likeness (QED) is 0.150. The second kappa shape index (κ2) is 18.9. The molecule has 0 unspecified atom stereocenters. The van der Waals surface area contributed by atoms with Crippen LogP contribution in [0.25, 0.3) is 80.0 Å². The van der Waals surface area contributed by atoms with Crippen LogP contribution in [0.3, 0.4) is 0 Å². The van der Waals surface area contributed by atoms with Crippen LogP contribution in [-0.2, 0) is 33.5 Å². The van der Waals surface area contributed by atoms with Gasteiger partial charge in [-0.2, -0.15) is 0 Å². The molecule has 2 nitrogen and oxygen atoms in total. The molecule has 0 radical (unpaired) electrons. The highest BCUT2D eigenvalue weighted by Crippen LogP contribution is 2.53. The molecule has 5 heteroatoms. The van der Waals surface area contributed by atoms with Gasteiger partial charge in [0.2, 0.25) is 7.28 Å². The van der Waals surface area contributed by atoms with Gasteiger partial charge in [-0.05, 0) is 166 Å². The summed E-state index contributed by atoms with van der Waals surface area (Å²) < 4.78 is 8.16. The van der Waals surface area contributed by atoms with E-state index in [1.165, 1.54) is 140 Å². The molecular weight excluding hydrogens is 1040 g/mol. The number of hydrogen-bond acceptors (Lipinski definition) is 3. The molecule has 0 saturated carbocycles. The molecular formula is C78H77BN2S2. The van der Waals surface area contributed by atoms with Crippen molar-refractivity contribution in [3.05, 3.63) is 220 Å². The molecule has 1 aliphatic heterocycles. The highest BCUT2D eigenvalue weighted by atomic mass is 32.1. The predicted octanol–water partition coefficient (Wildman–Crippen LogP) is 20.7. The summed E-state index contributed by atoms with van der Waals surface area (Å²) >= 11 is 3.90. The summed E-state index contributed by atoms with van der Waals surface area (Å²) in [5.74, 6) is 0.281. The van der Waals surface area contributed by atoms with Gasteiger partial charge in [-0.3, -0.25) is 0 Å². The fraction of sp³-hybridized carbons (Fsp3) is 0.282. The van der Waals surface area contributed by atoms with Crippen molar-refractivity contribution in [2.24, 2.45) is 0 Å². The minimum atomic E-state index is -0.235. The molecule has 0 saturated heterocycles. The summed E-state index contributed by atoms with van der Waals surface area (Å²) in [7, 11) is 0.867. The van der Waals surface area contributed by atoms with Crippen LogP contribution in [0.5, 0.6) is 0 Å². The average Bonchev–Trinajstić information content (AvgIpc) is 2.83. The van der Waals surface area contributed by atoms with Crippen LogP contribution in [0.1, 0.15) is 159 Å². The van der Waals surface area contributed by atoms with Crippen LogP contribution in [0, 0.1) is 0 Å². The van der Waals surface area contributed by atoms with Crippen molar-refractivity contribution >= 4 is 104 Å². The zero-order valence-electron chi connectivity index (χ0n) is 51.1. The van der Waals surface area contributed by atoms with E-state index in [2.05, 4.69) is 277 Å². The van der Waals surface area contributed by atoms with Crippen LogP contribution in [0.15, 0.2) is 170 Å². The highest BCUT2D eigenvalue weighted by Gasteiger charge is 2.38. The minimum Gasteiger partial charge on any atom is -0.355 e. The molecule has 1 aliphatic carbocycles. The van der Waals surface area contributed by atoms with Crippen LogP contribution in [-0.4, -0.2) is 11.8 Å². The van der Waals surface area contributed by atoms with Crippen LogP contribution in [0.2, 0.25) is 0 Å². The van der Waals surface area contributed by atoms with Gasteiger partial charge in [0.05, 0.1) is 11.2 Å². The Kier molecular flexibility index (Phi) is 12.3. The smallest absolute Gasteiger partial charge is 0.211 e. The van der Waals surface area contributed by atoms with Gasteiger partial charge in [0, 0.05) is 74.8 Å². The van der Waals surface area contributed by atoms with Gasteiger partial charge in [-0.15, -0.1) is 22.7 Å². The van der Waals surface area contributed by atoms with E-state index in [0.29, 0.717) is 0 Å². The second-order valence-electron chi connectivity index (χ2n) is 29.0. The lowest BCUT2D eigenvalue weighted by Gasteiger charge is -2.26. The molecule has 2 aliphatic rings. The number of nitrogens with zero attached hydrogens (tertiary/aromatic N) is 1. The zero-order valence-corrected chi connectivity index (χ0v) is 52.8. The second-order valence-corrected chi connectivity index (χ2v) is 31.3. The van der Waals surface area contributed by atoms with E-state index in [1.54, 1.807) is 0 Å². The van der Waals surface area contributed by atoms with E-state index in [-0.39, 0.29) is 33.0 Å². The van der Waals surface area contributed by atoms with Crippen LogP contribution in [0.4, 0.5) is 11.4 Å². The predicted molar refractivity (Wildman–Crippen MR) is 366 cm³/mol. The largest absolute Gasteiger partial charge is 0.355 e.